The van der Waals surface area contributed by atoms with Gasteiger partial charge in [0.05, 0.1) is 6.61 Å². The van der Waals surface area contributed by atoms with E-state index >= 15 is 0 Å². The molecule has 1 saturated carbocycles. The van der Waals surface area contributed by atoms with Crippen LogP contribution >= 0.6 is 11.6 Å². The molecule has 0 N–H and O–H groups in total. The summed E-state index contributed by atoms with van der Waals surface area (Å²) in [6.45, 7) is 4.45. The predicted octanol–water partition coefficient (Wildman–Crippen LogP) is 2.98. The molecule has 14 heavy (non-hydrogen) atoms. The molecule has 0 aliphatic heterocycles. The largest absolute Gasteiger partial charge is 0.465 e. The van der Waals surface area contributed by atoms with Crippen molar-refractivity contribution in [2.45, 2.75) is 44.9 Å². The minimum Gasteiger partial charge on any atom is -0.465 e. The van der Waals surface area contributed by atoms with Crippen molar-refractivity contribution < 1.29 is 9.53 Å². The summed E-state index contributed by atoms with van der Waals surface area (Å²) >= 11 is 6.08. The first-order valence-electron chi connectivity index (χ1n) is 5.45. The van der Waals surface area contributed by atoms with Crippen molar-refractivity contribution >= 4 is 17.6 Å². The zero-order chi connectivity index (χ0) is 10.6. The van der Waals surface area contributed by atoms with E-state index in [4.69, 9.17) is 16.3 Å². The lowest BCUT2D eigenvalue weighted by Crippen LogP contribution is -2.30. The minimum absolute atomic E-state index is 0.242. The number of alkyl halides is 1. The molecule has 1 aliphatic carbocycles. The SMILES string of the molecule is CCOC(=O)C(Cl)C1CCCC(C)C1. The van der Waals surface area contributed by atoms with Crippen molar-refractivity contribution in [1.82, 2.24) is 0 Å². The van der Waals surface area contributed by atoms with Crippen molar-refractivity contribution in [3.8, 4) is 0 Å². The van der Waals surface area contributed by atoms with Crippen LogP contribution in [0.15, 0.2) is 0 Å². The zero-order valence-electron chi connectivity index (χ0n) is 8.96. The second-order valence-corrected chi connectivity index (χ2v) is 4.66. The summed E-state index contributed by atoms with van der Waals surface area (Å²) in [5, 5.41) is -0.433. The average molecular weight is 219 g/mol. The van der Waals surface area contributed by atoms with Crippen molar-refractivity contribution in [3.05, 3.63) is 0 Å². The predicted molar refractivity (Wildman–Crippen MR) is 57.4 cm³/mol. The maximum absolute atomic E-state index is 11.4. The van der Waals surface area contributed by atoms with Crippen LogP contribution in [0.25, 0.3) is 0 Å². The van der Waals surface area contributed by atoms with Gasteiger partial charge >= 0.3 is 5.97 Å². The van der Waals surface area contributed by atoms with E-state index in [1.807, 2.05) is 6.92 Å². The first-order valence-corrected chi connectivity index (χ1v) is 5.89. The Morgan fingerprint density at radius 3 is 2.86 bits per heavy atom. The first kappa shape index (κ1) is 11.8. The number of hydrogen-bond acceptors (Lipinski definition) is 2. The Morgan fingerprint density at radius 2 is 2.29 bits per heavy atom. The van der Waals surface area contributed by atoms with Crippen LogP contribution in [0, 0.1) is 11.8 Å². The van der Waals surface area contributed by atoms with E-state index < -0.39 is 5.38 Å². The Hall–Kier alpha value is -0.240. The Labute approximate surface area is 91.0 Å². The maximum atomic E-state index is 11.4. The number of halogens is 1. The number of ether oxygens (including phenoxy) is 1. The van der Waals surface area contributed by atoms with Crippen LogP contribution < -0.4 is 0 Å². The van der Waals surface area contributed by atoms with Crippen LogP contribution in [0.4, 0.5) is 0 Å². The van der Waals surface area contributed by atoms with Gasteiger partial charge in [0.2, 0.25) is 0 Å². The molecule has 3 atom stereocenters. The van der Waals surface area contributed by atoms with Crippen molar-refractivity contribution in [2.75, 3.05) is 6.61 Å². The molecule has 0 aromatic carbocycles. The quantitative estimate of drug-likeness (QED) is 0.538. The normalized spacial score (nSPS) is 29.6. The monoisotopic (exact) mass is 218 g/mol. The summed E-state index contributed by atoms with van der Waals surface area (Å²) in [6.07, 6.45) is 4.59. The zero-order valence-corrected chi connectivity index (χ0v) is 9.72. The maximum Gasteiger partial charge on any atom is 0.324 e. The highest BCUT2D eigenvalue weighted by Crippen LogP contribution is 2.33. The van der Waals surface area contributed by atoms with E-state index in [0.717, 1.165) is 12.8 Å². The number of rotatable bonds is 3. The molecule has 82 valence electrons. The molecule has 0 aromatic rings. The van der Waals surface area contributed by atoms with Gasteiger partial charge in [-0.2, -0.15) is 0 Å². The van der Waals surface area contributed by atoms with Crippen LogP contribution in [0.1, 0.15) is 39.5 Å². The molecule has 0 spiro atoms. The second kappa shape index (κ2) is 5.59. The van der Waals surface area contributed by atoms with Gasteiger partial charge in [-0.05, 0) is 31.6 Å². The van der Waals surface area contributed by atoms with E-state index in [1.165, 1.54) is 12.8 Å². The van der Waals surface area contributed by atoms with Gasteiger partial charge < -0.3 is 4.74 Å². The molecule has 1 aliphatic rings. The van der Waals surface area contributed by atoms with E-state index in [0.29, 0.717) is 18.4 Å². The Morgan fingerprint density at radius 1 is 1.57 bits per heavy atom. The number of esters is 1. The average Bonchev–Trinajstić information content (AvgIpc) is 2.17. The first-order chi connectivity index (χ1) is 6.65. The lowest BCUT2D eigenvalue weighted by molar-refractivity contribution is -0.144. The van der Waals surface area contributed by atoms with Crippen LogP contribution in [0.2, 0.25) is 0 Å². The number of carbonyl (C=O) groups excluding carboxylic acids is 1. The third-order valence-electron chi connectivity index (χ3n) is 2.90. The minimum atomic E-state index is -0.433. The summed E-state index contributed by atoms with van der Waals surface area (Å²) in [5.74, 6) is 0.775. The third-order valence-corrected chi connectivity index (χ3v) is 3.44. The lowest BCUT2D eigenvalue weighted by atomic mass is 9.80. The fraction of sp³-hybridized carbons (Fsp3) is 0.909. The molecule has 0 heterocycles. The molecule has 3 heteroatoms. The van der Waals surface area contributed by atoms with Crippen molar-refractivity contribution in [2.24, 2.45) is 11.8 Å². The summed E-state index contributed by atoms with van der Waals surface area (Å²) in [5.41, 5.74) is 0. The Balaban J connectivity index is 2.42. The molecule has 0 saturated heterocycles. The molecular weight excluding hydrogens is 200 g/mol. The highest BCUT2D eigenvalue weighted by atomic mass is 35.5. The molecule has 0 radical (unpaired) electrons. The summed E-state index contributed by atoms with van der Waals surface area (Å²) in [6, 6.07) is 0. The molecule has 0 aromatic heterocycles. The highest BCUT2D eigenvalue weighted by molar-refractivity contribution is 6.30. The number of carbonyl (C=O) groups is 1. The summed E-state index contributed by atoms with van der Waals surface area (Å²) < 4.78 is 4.92. The van der Waals surface area contributed by atoms with Gasteiger partial charge in [0, 0.05) is 0 Å². The second-order valence-electron chi connectivity index (χ2n) is 4.19. The van der Waals surface area contributed by atoms with E-state index in [9.17, 15) is 4.79 Å². The lowest BCUT2D eigenvalue weighted by Gasteiger charge is -2.28. The summed E-state index contributed by atoms with van der Waals surface area (Å²) in [7, 11) is 0. The molecule has 1 fully saturated rings. The highest BCUT2D eigenvalue weighted by Gasteiger charge is 2.30. The van der Waals surface area contributed by atoms with Crippen LogP contribution in [0.5, 0.6) is 0 Å². The smallest absolute Gasteiger partial charge is 0.324 e. The topological polar surface area (TPSA) is 26.3 Å². The van der Waals surface area contributed by atoms with Gasteiger partial charge in [-0.25, -0.2) is 0 Å². The van der Waals surface area contributed by atoms with Gasteiger partial charge in [-0.3, -0.25) is 4.79 Å². The molecule has 0 bridgehead atoms. The molecule has 0 amide bonds. The molecule has 1 rings (SSSR count). The van der Waals surface area contributed by atoms with Gasteiger partial charge in [0.25, 0.3) is 0 Å². The summed E-state index contributed by atoms with van der Waals surface area (Å²) in [4.78, 5) is 11.4. The van der Waals surface area contributed by atoms with Crippen molar-refractivity contribution in [3.63, 3.8) is 0 Å². The van der Waals surface area contributed by atoms with E-state index in [2.05, 4.69) is 6.92 Å². The fourth-order valence-corrected chi connectivity index (χ4v) is 2.45. The Kier molecular flexibility index (Phi) is 4.73. The van der Waals surface area contributed by atoms with Gasteiger partial charge in [0.15, 0.2) is 0 Å². The standard InChI is InChI=1S/C11H19ClO2/c1-3-14-11(13)10(12)9-6-4-5-8(2)7-9/h8-10H,3-7H2,1-2H3. The van der Waals surface area contributed by atoms with Gasteiger partial charge in [-0.15, -0.1) is 11.6 Å². The molecule has 3 unspecified atom stereocenters. The van der Waals surface area contributed by atoms with Crippen molar-refractivity contribution in [1.29, 1.82) is 0 Å². The third kappa shape index (κ3) is 3.16. The van der Waals surface area contributed by atoms with Gasteiger partial charge in [0.1, 0.15) is 5.38 Å². The van der Waals surface area contributed by atoms with E-state index in [1.54, 1.807) is 0 Å². The van der Waals surface area contributed by atoms with Crippen LogP contribution in [-0.4, -0.2) is 18.0 Å². The van der Waals surface area contributed by atoms with Crippen LogP contribution in [-0.2, 0) is 9.53 Å². The molecular formula is C11H19ClO2. The fourth-order valence-electron chi connectivity index (χ4n) is 2.16. The molecule has 2 nitrogen and oxygen atoms in total. The number of hydrogen-bond donors (Lipinski definition) is 0. The van der Waals surface area contributed by atoms with Gasteiger partial charge in [-0.1, -0.05) is 19.8 Å². The van der Waals surface area contributed by atoms with E-state index in [-0.39, 0.29) is 5.97 Å². The van der Waals surface area contributed by atoms with Crippen LogP contribution in [0.3, 0.4) is 0 Å². The Bertz CT molecular complexity index is 194.